The number of phenols is 1. The first-order valence-corrected chi connectivity index (χ1v) is 8.39. The number of amides is 1. The molecule has 3 nitrogen and oxygen atoms in total. The third kappa shape index (κ3) is 3.07. The van der Waals surface area contributed by atoms with Crippen LogP contribution in [0.2, 0.25) is 5.02 Å². The van der Waals surface area contributed by atoms with Gasteiger partial charge in [0, 0.05) is 22.7 Å². The Hall–Kier alpha value is -1.30. The fourth-order valence-corrected chi connectivity index (χ4v) is 3.69. The zero-order chi connectivity index (χ0) is 15.9. The van der Waals surface area contributed by atoms with Gasteiger partial charge in [-0.15, -0.1) is 0 Å². The number of rotatable bonds is 1. The first kappa shape index (κ1) is 15.6. The molecule has 0 atom stereocenters. The summed E-state index contributed by atoms with van der Waals surface area (Å²) in [6.45, 7) is 0. The Labute approximate surface area is 149 Å². The summed E-state index contributed by atoms with van der Waals surface area (Å²) in [5, 5.41) is 13.2. The van der Waals surface area contributed by atoms with Crippen LogP contribution in [0.15, 0.2) is 44.9 Å². The number of anilines is 1. The molecule has 3 rings (SSSR count). The van der Waals surface area contributed by atoms with Gasteiger partial charge < -0.3 is 10.4 Å². The normalized spacial score (nSPS) is 15.6. The first-order valence-electron chi connectivity index (χ1n) is 6.42. The van der Waals surface area contributed by atoms with Gasteiger partial charge >= 0.3 is 0 Å². The molecule has 6 heteroatoms. The Morgan fingerprint density at radius 2 is 1.86 bits per heavy atom. The van der Waals surface area contributed by atoms with Crippen LogP contribution in [0.5, 0.6) is 5.75 Å². The molecular weight excluding hydrogens is 433 g/mol. The lowest BCUT2D eigenvalue weighted by atomic mass is 9.96. The van der Waals surface area contributed by atoms with Crippen molar-refractivity contribution in [2.24, 2.45) is 0 Å². The molecule has 0 aromatic heterocycles. The van der Waals surface area contributed by atoms with E-state index in [2.05, 4.69) is 37.2 Å². The van der Waals surface area contributed by atoms with E-state index in [4.69, 9.17) is 11.6 Å². The van der Waals surface area contributed by atoms with Gasteiger partial charge in [-0.1, -0.05) is 17.7 Å². The lowest BCUT2D eigenvalue weighted by Crippen LogP contribution is -2.22. The van der Waals surface area contributed by atoms with Crippen molar-refractivity contribution in [1.29, 1.82) is 0 Å². The van der Waals surface area contributed by atoms with Gasteiger partial charge in [-0.25, -0.2) is 0 Å². The van der Waals surface area contributed by atoms with Gasteiger partial charge in [0.25, 0.3) is 5.91 Å². The summed E-state index contributed by atoms with van der Waals surface area (Å²) in [4.78, 5) is 12.2. The maximum Gasteiger partial charge on any atom is 0.251 e. The van der Waals surface area contributed by atoms with Gasteiger partial charge in [-0.05, 0) is 73.3 Å². The quantitative estimate of drug-likeness (QED) is 0.599. The number of aromatic hydroxyl groups is 1. The largest absolute Gasteiger partial charge is 0.506 e. The highest BCUT2D eigenvalue weighted by Gasteiger charge is 2.20. The fourth-order valence-electron chi connectivity index (χ4n) is 2.29. The second kappa shape index (κ2) is 6.07. The molecule has 0 fully saturated rings. The maximum absolute atomic E-state index is 12.2. The fraction of sp³-hybridized carbons (Fsp3) is 0.0625. The molecule has 2 N–H and O–H groups in total. The van der Waals surface area contributed by atoms with Crippen LogP contribution in [-0.4, -0.2) is 11.0 Å². The smallest absolute Gasteiger partial charge is 0.251 e. The molecule has 0 aliphatic carbocycles. The van der Waals surface area contributed by atoms with Crippen molar-refractivity contribution in [3.05, 3.63) is 61.0 Å². The molecule has 112 valence electrons. The molecule has 2 aromatic rings. The third-order valence-corrected chi connectivity index (χ3v) is 4.82. The minimum absolute atomic E-state index is 0.134. The summed E-state index contributed by atoms with van der Waals surface area (Å²) >= 11 is 12.5. The Kier molecular flexibility index (Phi) is 4.30. The van der Waals surface area contributed by atoms with Crippen LogP contribution in [0.1, 0.15) is 11.1 Å². The summed E-state index contributed by atoms with van der Waals surface area (Å²) in [7, 11) is 0. The Morgan fingerprint density at radius 1 is 1.18 bits per heavy atom. The number of nitrogens with one attached hydrogen (secondary N) is 1. The average Bonchev–Trinajstić information content (AvgIpc) is 2.45. The standard InChI is InChI=1S/C16H10Br2ClNO2/c17-12-4-8(5-13(18)15(12)21)3-10-6-9-1-2-11(19)7-14(9)20-16(10)22/h1-5,7,21H,6H2,(H,20,22)/b10-3+. The van der Waals surface area contributed by atoms with E-state index in [1.807, 2.05) is 18.2 Å². The number of halogens is 3. The van der Waals surface area contributed by atoms with Crippen LogP contribution in [-0.2, 0) is 11.2 Å². The molecule has 1 heterocycles. The minimum Gasteiger partial charge on any atom is -0.506 e. The van der Waals surface area contributed by atoms with Crippen LogP contribution in [0.3, 0.4) is 0 Å². The summed E-state index contributed by atoms with van der Waals surface area (Å²) in [5.41, 5.74) is 3.24. The minimum atomic E-state index is -0.143. The second-order valence-electron chi connectivity index (χ2n) is 4.94. The monoisotopic (exact) mass is 441 g/mol. The number of fused-ring (bicyclic) bond motifs is 1. The molecular formula is C16H10Br2ClNO2. The predicted molar refractivity (Wildman–Crippen MR) is 95.3 cm³/mol. The summed E-state index contributed by atoms with van der Waals surface area (Å²) < 4.78 is 1.13. The number of benzene rings is 2. The van der Waals surface area contributed by atoms with Gasteiger partial charge in [-0.2, -0.15) is 0 Å². The highest BCUT2D eigenvalue weighted by molar-refractivity contribution is 9.11. The van der Waals surface area contributed by atoms with Crippen molar-refractivity contribution in [3.63, 3.8) is 0 Å². The molecule has 0 saturated heterocycles. The van der Waals surface area contributed by atoms with E-state index in [0.717, 1.165) is 16.8 Å². The molecule has 0 saturated carbocycles. The van der Waals surface area contributed by atoms with E-state index in [-0.39, 0.29) is 11.7 Å². The van der Waals surface area contributed by atoms with E-state index in [9.17, 15) is 9.90 Å². The molecule has 0 bridgehead atoms. The Balaban J connectivity index is 1.99. The summed E-state index contributed by atoms with van der Waals surface area (Å²) in [6.07, 6.45) is 2.34. The number of hydrogen-bond donors (Lipinski definition) is 2. The third-order valence-electron chi connectivity index (χ3n) is 3.37. The Morgan fingerprint density at radius 3 is 2.55 bits per heavy atom. The van der Waals surface area contributed by atoms with Gasteiger partial charge in [0.05, 0.1) is 8.95 Å². The average molecular weight is 444 g/mol. The van der Waals surface area contributed by atoms with Crippen molar-refractivity contribution in [1.82, 2.24) is 0 Å². The molecule has 22 heavy (non-hydrogen) atoms. The second-order valence-corrected chi connectivity index (χ2v) is 7.08. The van der Waals surface area contributed by atoms with E-state index in [0.29, 0.717) is 26.0 Å². The molecule has 0 unspecified atom stereocenters. The number of carbonyl (C=O) groups is 1. The van der Waals surface area contributed by atoms with Crippen LogP contribution >= 0.6 is 43.5 Å². The number of hydrogen-bond acceptors (Lipinski definition) is 2. The van der Waals surface area contributed by atoms with Gasteiger partial charge in [0.1, 0.15) is 5.75 Å². The number of carbonyl (C=O) groups excluding carboxylic acids is 1. The summed E-state index contributed by atoms with van der Waals surface area (Å²) in [5.74, 6) is -0.00896. The van der Waals surface area contributed by atoms with E-state index >= 15 is 0 Å². The van der Waals surface area contributed by atoms with Gasteiger partial charge in [0.15, 0.2) is 0 Å². The van der Waals surface area contributed by atoms with Crippen molar-refractivity contribution in [3.8, 4) is 5.75 Å². The topological polar surface area (TPSA) is 49.3 Å². The van der Waals surface area contributed by atoms with Crippen molar-refractivity contribution >= 4 is 61.1 Å². The zero-order valence-corrected chi connectivity index (χ0v) is 15.1. The van der Waals surface area contributed by atoms with Crippen LogP contribution in [0, 0.1) is 0 Å². The van der Waals surface area contributed by atoms with Crippen molar-refractivity contribution < 1.29 is 9.90 Å². The molecule has 1 aliphatic rings. The van der Waals surface area contributed by atoms with Crippen LogP contribution in [0.4, 0.5) is 5.69 Å². The lowest BCUT2D eigenvalue weighted by molar-refractivity contribution is -0.113. The molecule has 0 radical (unpaired) electrons. The first-order chi connectivity index (χ1) is 10.4. The zero-order valence-electron chi connectivity index (χ0n) is 11.2. The molecule has 2 aromatic carbocycles. The van der Waals surface area contributed by atoms with Crippen molar-refractivity contribution in [2.75, 3.05) is 5.32 Å². The SMILES string of the molecule is O=C1Nc2cc(Cl)ccc2C/C1=C\c1cc(Br)c(O)c(Br)c1. The molecule has 1 amide bonds. The van der Waals surface area contributed by atoms with Crippen LogP contribution < -0.4 is 5.32 Å². The maximum atomic E-state index is 12.2. The van der Waals surface area contributed by atoms with Crippen LogP contribution in [0.25, 0.3) is 6.08 Å². The van der Waals surface area contributed by atoms with E-state index in [1.165, 1.54) is 0 Å². The lowest BCUT2D eigenvalue weighted by Gasteiger charge is -2.19. The molecule has 0 spiro atoms. The van der Waals surface area contributed by atoms with E-state index in [1.54, 1.807) is 18.2 Å². The highest BCUT2D eigenvalue weighted by Crippen LogP contribution is 2.35. The van der Waals surface area contributed by atoms with Gasteiger partial charge in [0.2, 0.25) is 0 Å². The molecule has 1 aliphatic heterocycles. The van der Waals surface area contributed by atoms with E-state index < -0.39 is 0 Å². The summed E-state index contributed by atoms with van der Waals surface area (Å²) in [6, 6.07) is 8.99. The highest BCUT2D eigenvalue weighted by atomic mass is 79.9. The number of phenolic OH excluding ortho intramolecular Hbond substituents is 1. The van der Waals surface area contributed by atoms with Gasteiger partial charge in [-0.3, -0.25) is 4.79 Å². The Bertz CT molecular complexity index is 795. The predicted octanol–water partition coefficient (Wildman–Crippen LogP) is 5.15. The van der Waals surface area contributed by atoms with Crippen molar-refractivity contribution in [2.45, 2.75) is 6.42 Å².